The summed E-state index contributed by atoms with van der Waals surface area (Å²) < 4.78 is 4.77. The average Bonchev–Trinajstić information content (AvgIpc) is 2.39. The van der Waals surface area contributed by atoms with Crippen molar-refractivity contribution in [3.05, 3.63) is 0 Å². The van der Waals surface area contributed by atoms with Gasteiger partial charge in [0.05, 0.1) is 7.11 Å². The molecule has 1 rings (SSSR count). The van der Waals surface area contributed by atoms with Gasteiger partial charge in [0.25, 0.3) is 0 Å². The van der Waals surface area contributed by atoms with E-state index in [2.05, 4.69) is 29.2 Å². The van der Waals surface area contributed by atoms with Crippen molar-refractivity contribution in [3.63, 3.8) is 0 Å². The Balaban J connectivity index is 2.26. The molecule has 0 bridgehead atoms. The Hall–Kier alpha value is -0.650. The molecule has 0 spiro atoms. The van der Waals surface area contributed by atoms with Gasteiger partial charge >= 0.3 is 5.97 Å². The van der Waals surface area contributed by atoms with E-state index < -0.39 is 0 Å². The van der Waals surface area contributed by atoms with E-state index in [1.165, 1.54) is 20.0 Å². The lowest BCUT2D eigenvalue weighted by atomic mass is 10.0. The van der Waals surface area contributed by atoms with Crippen molar-refractivity contribution in [2.45, 2.75) is 31.3 Å². The zero-order chi connectivity index (χ0) is 13.5. The molecule has 0 radical (unpaired) electrons. The topological polar surface area (TPSA) is 44.8 Å². The molecule has 0 aliphatic carbocycles. The molecule has 1 unspecified atom stereocenters. The van der Waals surface area contributed by atoms with Crippen LogP contribution in [0.5, 0.6) is 0 Å². The summed E-state index contributed by atoms with van der Waals surface area (Å²) in [6.45, 7) is 3.21. The van der Waals surface area contributed by atoms with Crippen LogP contribution in [0.15, 0.2) is 0 Å². The number of likely N-dealkylation sites (tertiary alicyclic amines) is 1. The maximum absolute atomic E-state index is 11.4. The molecule has 5 heteroatoms. The molecule has 0 aromatic rings. The van der Waals surface area contributed by atoms with Crippen LogP contribution in [0, 0.1) is 0 Å². The third-order valence-electron chi connectivity index (χ3n) is 3.86. The van der Waals surface area contributed by atoms with Crippen LogP contribution < -0.4 is 5.32 Å². The van der Waals surface area contributed by atoms with Crippen molar-refractivity contribution in [1.29, 1.82) is 0 Å². The molecule has 5 nitrogen and oxygen atoms in total. The molecule has 1 fully saturated rings. The predicted molar refractivity (Wildman–Crippen MR) is 72.6 cm³/mol. The van der Waals surface area contributed by atoms with Crippen LogP contribution in [0.25, 0.3) is 0 Å². The largest absolute Gasteiger partial charge is 0.468 e. The summed E-state index contributed by atoms with van der Waals surface area (Å²) in [7, 11) is 7.54. The Morgan fingerprint density at radius 1 is 1.44 bits per heavy atom. The summed E-state index contributed by atoms with van der Waals surface area (Å²) in [5, 5.41) is 3.01. The Morgan fingerprint density at radius 2 is 2.06 bits per heavy atom. The number of nitrogens with one attached hydrogen (secondary N) is 1. The van der Waals surface area contributed by atoms with E-state index in [4.69, 9.17) is 4.74 Å². The number of hydrogen-bond acceptors (Lipinski definition) is 5. The minimum Gasteiger partial charge on any atom is -0.468 e. The highest BCUT2D eigenvalue weighted by molar-refractivity contribution is 5.75. The fourth-order valence-corrected chi connectivity index (χ4v) is 2.49. The minimum atomic E-state index is -0.179. The highest BCUT2D eigenvalue weighted by Crippen LogP contribution is 2.14. The van der Waals surface area contributed by atoms with Crippen LogP contribution in [0.3, 0.4) is 0 Å². The Morgan fingerprint density at radius 3 is 2.50 bits per heavy atom. The SMILES string of the molecule is CNC(CCN1CCC(N(C)C)CC1)C(=O)OC. The molecule has 1 aliphatic rings. The van der Waals surface area contributed by atoms with Gasteiger partial charge in [0.15, 0.2) is 0 Å². The molecule has 0 saturated carbocycles. The van der Waals surface area contributed by atoms with Gasteiger partial charge in [0.1, 0.15) is 6.04 Å². The average molecular weight is 257 g/mol. The van der Waals surface area contributed by atoms with Crippen molar-refractivity contribution in [1.82, 2.24) is 15.1 Å². The zero-order valence-electron chi connectivity index (χ0n) is 12.1. The number of esters is 1. The molecule has 18 heavy (non-hydrogen) atoms. The van der Waals surface area contributed by atoms with Crippen molar-refractivity contribution < 1.29 is 9.53 Å². The van der Waals surface area contributed by atoms with Crippen LogP contribution >= 0.6 is 0 Å². The number of hydrogen-bond donors (Lipinski definition) is 1. The third kappa shape index (κ3) is 4.55. The lowest BCUT2D eigenvalue weighted by Crippen LogP contribution is -2.44. The number of carbonyl (C=O) groups excluding carboxylic acids is 1. The zero-order valence-corrected chi connectivity index (χ0v) is 12.1. The first-order valence-corrected chi connectivity index (χ1v) is 6.72. The molecule has 0 aromatic carbocycles. The van der Waals surface area contributed by atoms with Crippen molar-refractivity contribution in [2.24, 2.45) is 0 Å². The summed E-state index contributed by atoms with van der Waals surface area (Å²) >= 11 is 0. The Kier molecular flexibility index (Phi) is 6.60. The van der Waals surface area contributed by atoms with Gasteiger partial charge in [-0.05, 0) is 53.5 Å². The van der Waals surface area contributed by atoms with Crippen LogP contribution in [0.4, 0.5) is 0 Å². The number of likely N-dealkylation sites (N-methyl/N-ethyl adjacent to an activating group) is 1. The lowest BCUT2D eigenvalue weighted by Gasteiger charge is -2.35. The lowest BCUT2D eigenvalue weighted by molar-refractivity contribution is -0.143. The number of rotatable bonds is 6. The van der Waals surface area contributed by atoms with Gasteiger partial charge in [-0.15, -0.1) is 0 Å². The molecule has 0 amide bonds. The van der Waals surface area contributed by atoms with Crippen molar-refractivity contribution in [2.75, 3.05) is 47.9 Å². The Labute approximate surface area is 110 Å². The second-order valence-corrected chi connectivity index (χ2v) is 5.19. The number of carbonyl (C=O) groups is 1. The van der Waals surface area contributed by atoms with Gasteiger partial charge < -0.3 is 19.9 Å². The molecular weight excluding hydrogens is 230 g/mol. The van der Waals surface area contributed by atoms with Gasteiger partial charge in [-0.1, -0.05) is 0 Å². The van der Waals surface area contributed by atoms with E-state index in [1.807, 2.05) is 0 Å². The summed E-state index contributed by atoms with van der Waals surface area (Å²) in [6.07, 6.45) is 3.25. The maximum Gasteiger partial charge on any atom is 0.322 e. The van der Waals surface area contributed by atoms with Gasteiger partial charge in [0, 0.05) is 12.6 Å². The molecule has 1 atom stereocenters. The highest BCUT2D eigenvalue weighted by Gasteiger charge is 2.22. The fourth-order valence-electron chi connectivity index (χ4n) is 2.49. The normalized spacial score (nSPS) is 20.1. The van der Waals surface area contributed by atoms with E-state index in [-0.39, 0.29) is 12.0 Å². The summed E-state index contributed by atoms with van der Waals surface area (Å²) in [6, 6.07) is 0.531. The van der Waals surface area contributed by atoms with Crippen molar-refractivity contribution in [3.8, 4) is 0 Å². The van der Waals surface area contributed by atoms with E-state index in [0.29, 0.717) is 6.04 Å². The molecule has 1 aliphatic heterocycles. The minimum absolute atomic E-state index is 0.166. The first-order chi connectivity index (χ1) is 8.58. The van der Waals surface area contributed by atoms with E-state index in [9.17, 15) is 4.79 Å². The monoisotopic (exact) mass is 257 g/mol. The number of ether oxygens (including phenoxy) is 1. The van der Waals surface area contributed by atoms with Crippen LogP contribution in [-0.4, -0.2) is 75.7 Å². The van der Waals surface area contributed by atoms with E-state index in [1.54, 1.807) is 7.05 Å². The number of piperidine rings is 1. The van der Waals surface area contributed by atoms with Gasteiger partial charge in [-0.25, -0.2) is 0 Å². The summed E-state index contributed by atoms with van der Waals surface area (Å²) in [4.78, 5) is 16.2. The quantitative estimate of drug-likeness (QED) is 0.687. The van der Waals surface area contributed by atoms with E-state index >= 15 is 0 Å². The predicted octanol–water partition coefficient (Wildman–Crippen LogP) is 0.164. The molecule has 1 saturated heterocycles. The van der Waals surface area contributed by atoms with Gasteiger partial charge in [-0.3, -0.25) is 4.79 Å². The van der Waals surface area contributed by atoms with Gasteiger partial charge in [0.2, 0.25) is 0 Å². The number of methoxy groups -OCH3 is 1. The smallest absolute Gasteiger partial charge is 0.322 e. The molecular formula is C13H27N3O2. The maximum atomic E-state index is 11.4. The van der Waals surface area contributed by atoms with Crippen LogP contribution in [0.2, 0.25) is 0 Å². The van der Waals surface area contributed by atoms with E-state index in [0.717, 1.165) is 26.1 Å². The number of nitrogens with zero attached hydrogens (tertiary/aromatic N) is 2. The standard InChI is InChI=1S/C13H27N3O2/c1-14-12(13(17)18-4)7-10-16-8-5-11(6-9-16)15(2)3/h11-12,14H,5-10H2,1-4H3. The third-order valence-corrected chi connectivity index (χ3v) is 3.86. The Bertz CT molecular complexity index is 251. The summed E-state index contributed by atoms with van der Waals surface area (Å²) in [5.74, 6) is -0.166. The molecule has 1 heterocycles. The first kappa shape index (κ1) is 15.4. The molecule has 0 aromatic heterocycles. The second-order valence-electron chi connectivity index (χ2n) is 5.19. The second kappa shape index (κ2) is 7.71. The fraction of sp³-hybridized carbons (Fsp3) is 0.923. The highest BCUT2D eigenvalue weighted by atomic mass is 16.5. The molecule has 106 valence electrons. The van der Waals surface area contributed by atoms with Crippen LogP contribution in [0.1, 0.15) is 19.3 Å². The van der Waals surface area contributed by atoms with Gasteiger partial charge in [-0.2, -0.15) is 0 Å². The molecule has 1 N–H and O–H groups in total. The van der Waals surface area contributed by atoms with Crippen molar-refractivity contribution >= 4 is 5.97 Å². The summed E-state index contributed by atoms with van der Waals surface area (Å²) in [5.41, 5.74) is 0. The first-order valence-electron chi connectivity index (χ1n) is 6.72. The van der Waals surface area contributed by atoms with Crippen LogP contribution in [-0.2, 0) is 9.53 Å².